The van der Waals surface area contributed by atoms with Crippen molar-refractivity contribution in [2.45, 2.75) is 6.92 Å². The summed E-state index contributed by atoms with van der Waals surface area (Å²) < 4.78 is 0.626. The van der Waals surface area contributed by atoms with Gasteiger partial charge in [-0.15, -0.1) is 0 Å². The molecule has 4 nitrogen and oxygen atoms in total. The number of hydrogen-bond donors (Lipinski definition) is 1. The van der Waals surface area contributed by atoms with Crippen LogP contribution in [0.2, 0.25) is 5.02 Å². The average Bonchev–Trinajstić information content (AvgIpc) is 2.36. The highest BCUT2D eigenvalue weighted by Crippen LogP contribution is 2.23. The minimum Gasteiger partial charge on any atom is -0.619 e. The molecule has 1 heterocycles. The highest BCUT2D eigenvalue weighted by molar-refractivity contribution is 6.31. The number of benzene rings is 1. The predicted molar refractivity (Wildman–Crippen MR) is 69.5 cm³/mol. The first-order chi connectivity index (χ1) is 8.58. The van der Waals surface area contributed by atoms with Crippen LogP contribution in [0.5, 0.6) is 0 Å². The average molecular weight is 263 g/mol. The number of hydrogen-bond acceptors (Lipinski definition) is 2. The van der Waals surface area contributed by atoms with Crippen LogP contribution >= 0.6 is 11.6 Å². The van der Waals surface area contributed by atoms with Gasteiger partial charge in [0.05, 0.1) is 5.56 Å². The van der Waals surface area contributed by atoms with Crippen molar-refractivity contribution in [2.75, 3.05) is 5.32 Å². The van der Waals surface area contributed by atoms with Crippen LogP contribution < -0.4 is 10.0 Å². The molecule has 0 saturated heterocycles. The van der Waals surface area contributed by atoms with Crippen LogP contribution in [0.1, 0.15) is 15.9 Å². The van der Waals surface area contributed by atoms with Crippen LogP contribution in [0.3, 0.4) is 0 Å². The molecule has 0 atom stereocenters. The Bertz CT molecular complexity index is 582. The third-order valence-electron chi connectivity index (χ3n) is 2.58. The van der Waals surface area contributed by atoms with E-state index < -0.39 is 0 Å². The van der Waals surface area contributed by atoms with Crippen molar-refractivity contribution in [1.82, 2.24) is 0 Å². The van der Waals surface area contributed by atoms with E-state index in [0.717, 1.165) is 5.56 Å². The third-order valence-corrected chi connectivity index (χ3v) is 2.99. The zero-order chi connectivity index (χ0) is 13.1. The van der Waals surface area contributed by atoms with Gasteiger partial charge in [-0.3, -0.25) is 4.79 Å². The molecule has 5 heteroatoms. The smallest absolute Gasteiger partial charge is 0.256 e. The van der Waals surface area contributed by atoms with Gasteiger partial charge in [-0.2, -0.15) is 4.73 Å². The third kappa shape index (κ3) is 2.60. The molecule has 92 valence electrons. The fourth-order valence-electron chi connectivity index (χ4n) is 1.50. The van der Waals surface area contributed by atoms with Gasteiger partial charge in [-0.25, -0.2) is 0 Å². The molecule has 0 bridgehead atoms. The maximum absolute atomic E-state index is 11.9. The van der Waals surface area contributed by atoms with E-state index in [1.54, 1.807) is 18.2 Å². The fraction of sp³-hybridized carbons (Fsp3) is 0.0769. The summed E-state index contributed by atoms with van der Waals surface area (Å²) in [5, 5.41) is 14.2. The lowest BCUT2D eigenvalue weighted by atomic mass is 10.2. The molecular weight excluding hydrogens is 252 g/mol. The summed E-state index contributed by atoms with van der Waals surface area (Å²) in [4.78, 5) is 11.9. The number of carbonyl (C=O) groups is 1. The number of carbonyl (C=O) groups excluding carboxylic acids is 1. The van der Waals surface area contributed by atoms with E-state index in [1.807, 2.05) is 6.92 Å². The first kappa shape index (κ1) is 12.4. The van der Waals surface area contributed by atoms with E-state index in [2.05, 4.69) is 5.32 Å². The second-order valence-electron chi connectivity index (χ2n) is 3.81. The first-order valence-electron chi connectivity index (χ1n) is 5.33. The van der Waals surface area contributed by atoms with Gasteiger partial charge in [0.1, 0.15) is 0 Å². The fourth-order valence-corrected chi connectivity index (χ4v) is 1.68. The minimum atomic E-state index is -0.277. The zero-order valence-corrected chi connectivity index (χ0v) is 10.4. The molecule has 1 aromatic carbocycles. The van der Waals surface area contributed by atoms with Crippen LogP contribution in [-0.2, 0) is 0 Å². The lowest BCUT2D eigenvalue weighted by molar-refractivity contribution is -0.605. The Morgan fingerprint density at radius 3 is 2.61 bits per heavy atom. The van der Waals surface area contributed by atoms with Gasteiger partial charge in [-0.1, -0.05) is 17.7 Å². The normalized spacial score (nSPS) is 10.1. The van der Waals surface area contributed by atoms with E-state index in [4.69, 9.17) is 11.6 Å². The largest absolute Gasteiger partial charge is 0.619 e. The van der Waals surface area contributed by atoms with E-state index in [-0.39, 0.29) is 5.91 Å². The number of amides is 1. The van der Waals surface area contributed by atoms with Crippen molar-refractivity contribution in [3.63, 3.8) is 0 Å². The van der Waals surface area contributed by atoms with Gasteiger partial charge in [-0.05, 0) is 24.6 Å². The molecule has 0 saturated carbocycles. The summed E-state index contributed by atoms with van der Waals surface area (Å²) >= 11 is 5.97. The first-order valence-corrected chi connectivity index (χ1v) is 5.71. The molecule has 0 unspecified atom stereocenters. The molecule has 1 amide bonds. The Kier molecular flexibility index (Phi) is 3.48. The van der Waals surface area contributed by atoms with Gasteiger partial charge < -0.3 is 10.5 Å². The molecular formula is C13H11ClN2O2. The summed E-state index contributed by atoms with van der Waals surface area (Å²) in [6, 6.07) is 8.22. The Balaban J connectivity index is 2.21. The summed E-state index contributed by atoms with van der Waals surface area (Å²) in [6.07, 6.45) is 2.56. The molecule has 0 aliphatic heterocycles. The summed E-state index contributed by atoms with van der Waals surface area (Å²) in [5.41, 5.74) is 1.88. The summed E-state index contributed by atoms with van der Waals surface area (Å²) in [5.74, 6) is -0.277. The van der Waals surface area contributed by atoms with Crippen LogP contribution in [0.15, 0.2) is 42.7 Å². The molecule has 1 aromatic heterocycles. The maximum Gasteiger partial charge on any atom is 0.256 e. The number of anilines is 1. The number of rotatable bonds is 2. The van der Waals surface area contributed by atoms with Gasteiger partial charge in [0, 0.05) is 22.8 Å². The topological polar surface area (TPSA) is 56.0 Å². The quantitative estimate of drug-likeness (QED) is 0.668. The van der Waals surface area contributed by atoms with Crippen LogP contribution in [0, 0.1) is 12.1 Å². The summed E-state index contributed by atoms with van der Waals surface area (Å²) in [7, 11) is 0. The van der Waals surface area contributed by atoms with Gasteiger partial charge in [0.15, 0.2) is 12.4 Å². The molecule has 2 aromatic rings. The highest BCUT2D eigenvalue weighted by Gasteiger charge is 2.09. The molecule has 2 rings (SSSR count). The Morgan fingerprint density at radius 2 is 1.94 bits per heavy atom. The number of nitrogens with zero attached hydrogens (tertiary/aromatic N) is 1. The van der Waals surface area contributed by atoms with Crippen molar-refractivity contribution in [3.8, 4) is 0 Å². The van der Waals surface area contributed by atoms with E-state index in [1.165, 1.54) is 24.5 Å². The standard InChI is InChI=1S/C13H11ClN2O2/c1-9-11(14)3-2-4-12(9)15-13(17)10-5-7-16(18)8-6-10/h2-8H,1H3,(H,15,17). The van der Waals surface area contributed by atoms with Crippen molar-refractivity contribution >= 4 is 23.2 Å². The van der Waals surface area contributed by atoms with Crippen molar-refractivity contribution in [3.05, 3.63) is 64.1 Å². The lowest BCUT2D eigenvalue weighted by Crippen LogP contribution is -2.25. The van der Waals surface area contributed by atoms with Crippen LogP contribution in [0.4, 0.5) is 5.69 Å². The number of halogens is 1. The Hall–Kier alpha value is -2.07. The Morgan fingerprint density at radius 1 is 1.28 bits per heavy atom. The molecule has 0 aliphatic rings. The van der Waals surface area contributed by atoms with Gasteiger partial charge in [0.25, 0.3) is 5.91 Å². The predicted octanol–water partition coefficient (Wildman–Crippen LogP) is 2.53. The second-order valence-corrected chi connectivity index (χ2v) is 4.22. The minimum absolute atomic E-state index is 0.277. The molecule has 0 fully saturated rings. The highest BCUT2D eigenvalue weighted by atomic mass is 35.5. The van der Waals surface area contributed by atoms with Gasteiger partial charge >= 0.3 is 0 Å². The maximum atomic E-state index is 11.9. The monoisotopic (exact) mass is 262 g/mol. The number of aromatic nitrogens is 1. The zero-order valence-electron chi connectivity index (χ0n) is 9.68. The molecule has 0 spiro atoms. The van der Waals surface area contributed by atoms with Gasteiger partial charge in [0.2, 0.25) is 0 Å². The molecule has 18 heavy (non-hydrogen) atoms. The number of nitrogens with one attached hydrogen (secondary N) is 1. The second kappa shape index (κ2) is 5.06. The van der Waals surface area contributed by atoms with Crippen molar-refractivity contribution < 1.29 is 9.52 Å². The summed E-state index contributed by atoms with van der Waals surface area (Å²) in [6.45, 7) is 1.83. The molecule has 0 radical (unpaired) electrons. The van der Waals surface area contributed by atoms with E-state index in [0.29, 0.717) is 21.0 Å². The van der Waals surface area contributed by atoms with E-state index >= 15 is 0 Å². The van der Waals surface area contributed by atoms with Crippen LogP contribution in [-0.4, -0.2) is 5.91 Å². The SMILES string of the molecule is Cc1c(Cl)cccc1NC(=O)c1cc[n+]([O-])cc1. The van der Waals surface area contributed by atoms with Crippen LogP contribution in [0.25, 0.3) is 0 Å². The van der Waals surface area contributed by atoms with E-state index in [9.17, 15) is 10.0 Å². The Labute approximate surface area is 109 Å². The number of pyridine rings is 1. The lowest BCUT2D eigenvalue weighted by Gasteiger charge is -2.09. The van der Waals surface area contributed by atoms with Crippen molar-refractivity contribution in [1.29, 1.82) is 0 Å². The molecule has 0 aliphatic carbocycles. The van der Waals surface area contributed by atoms with Crippen molar-refractivity contribution in [2.24, 2.45) is 0 Å². The molecule has 1 N–H and O–H groups in total.